The van der Waals surface area contributed by atoms with E-state index in [9.17, 15) is 9.59 Å². The van der Waals surface area contributed by atoms with E-state index in [0.717, 1.165) is 39.4 Å². The van der Waals surface area contributed by atoms with E-state index in [2.05, 4.69) is 41.5 Å². The van der Waals surface area contributed by atoms with Gasteiger partial charge in [-0.2, -0.15) is 10.1 Å². The van der Waals surface area contributed by atoms with Gasteiger partial charge in [-0.25, -0.2) is 5.01 Å². The number of amidine groups is 1. The number of ether oxygens (including phenoxy) is 1. The number of carbonyl (C=O) groups is 2. The number of hydrogen-bond acceptors (Lipinski definition) is 6. The number of hydrazone groups is 1. The highest BCUT2D eigenvalue weighted by Gasteiger charge is 2.39. The zero-order valence-electron chi connectivity index (χ0n) is 21.9. The summed E-state index contributed by atoms with van der Waals surface area (Å²) in [6.45, 7) is 6.02. The lowest BCUT2D eigenvalue weighted by atomic mass is 9.98. The highest BCUT2D eigenvalue weighted by Crippen LogP contribution is 2.39. The second-order valence-electron chi connectivity index (χ2n) is 9.66. The van der Waals surface area contributed by atoms with E-state index in [1.165, 1.54) is 17.3 Å². The Morgan fingerprint density at radius 1 is 1.03 bits per heavy atom. The molecule has 0 saturated carbocycles. The van der Waals surface area contributed by atoms with Crippen molar-refractivity contribution in [2.45, 2.75) is 44.9 Å². The van der Waals surface area contributed by atoms with E-state index in [0.29, 0.717) is 11.6 Å². The van der Waals surface area contributed by atoms with Gasteiger partial charge in [0.1, 0.15) is 11.0 Å². The molecule has 0 spiro atoms. The molecule has 7 nitrogen and oxygen atoms in total. The van der Waals surface area contributed by atoms with Crippen LogP contribution in [0.5, 0.6) is 5.75 Å². The Labute approximate surface area is 227 Å². The summed E-state index contributed by atoms with van der Waals surface area (Å²) in [5.74, 6) is 0.261. The predicted octanol–water partition coefficient (Wildman–Crippen LogP) is 5.80. The zero-order chi connectivity index (χ0) is 26.8. The maximum Gasteiger partial charge on any atom is 0.262 e. The quantitative estimate of drug-likeness (QED) is 0.439. The first kappa shape index (κ1) is 25.7. The van der Waals surface area contributed by atoms with Crippen LogP contribution >= 0.6 is 11.8 Å². The van der Waals surface area contributed by atoms with Gasteiger partial charge in [-0.1, -0.05) is 59.3 Å². The van der Waals surface area contributed by atoms with Crippen LogP contribution in [0.3, 0.4) is 0 Å². The van der Waals surface area contributed by atoms with Gasteiger partial charge < -0.3 is 10.1 Å². The molecule has 194 valence electrons. The van der Waals surface area contributed by atoms with Crippen LogP contribution in [0.1, 0.15) is 46.7 Å². The molecule has 0 aromatic heterocycles. The first-order chi connectivity index (χ1) is 18.3. The number of methoxy groups -OCH3 is 1. The van der Waals surface area contributed by atoms with Crippen LogP contribution in [0.2, 0.25) is 0 Å². The molecule has 5 rings (SSSR count). The third kappa shape index (κ3) is 5.50. The summed E-state index contributed by atoms with van der Waals surface area (Å²) >= 11 is 1.30. The van der Waals surface area contributed by atoms with Crippen molar-refractivity contribution in [2.75, 3.05) is 12.4 Å². The molecule has 0 unspecified atom stereocenters. The fourth-order valence-electron chi connectivity index (χ4n) is 4.62. The van der Waals surface area contributed by atoms with E-state index >= 15 is 0 Å². The molecule has 38 heavy (non-hydrogen) atoms. The third-order valence-electron chi connectivity index (χ3n) is 6.75. The summed E-state index contributed by atoms with van der Waals surface area (Å²) in [6.07, 6.45) is 0.711. The van der Waals surface area contributed by atoms with Gasteiger partial charge in [0.15, 0.2) is 5.17 Å². The lowest BCUT2D eigenvalue weighted by molar-refractivity contribution is -0.121. The van der Waals surface area contributed by atoms with Gasteiger partial charge in [0.2, 0.25) is 5.91 Å². The first-order valence-corrected chi connectivity index (χ1v) is 13.4. The maximum atomic E-state index is 12.9. The number of aryl methyl sites for hydroxylation is 3. The lowest BCUT2D eigenvalue weighted by Gasteiger charge is -2.23. The standard InChI is InChI=1S/C30H30N4O3S/c1-18-5-8-22(9-6-18)26-16-25(21-10-12-23(37-4)13-11-21)33-34(26)30-32-29(36)27(38-30)17-28(35)31-24-14-7-19(2)15-20(24)3/h5-15,26-27H,16-17H2,1-4H3,(H,31,35)/t26-,27-/m0/s1. The normalized spacial score (nSPS) is 18.8. The molecular weight excluding hydrogens is 496 g/mol. The molecule has 2 aliphatic rings. The molecule has 0 radical (unpaired) electrons. The van der Waals surface area contributed by atoms with Crippen LogP contribution in [-0.4, -0.2) is 40.1 Å². The minimum atomic E-state index is -0.588. The molecule has 1 N–H and O–H groups in total. The number of nitrogens with one attached hydrogen (secondary N) is 1. The van der Waals surface area contributed by atoms with Crippen LogP contribution in [0.15, 0.2) is 76.8 Å². The molecule has 2 heterocycles. The Balaban J connectivity index is 1.35. The zero-order valence-corrected chi connectivity index (χ0v) is 22.7. The topological polar surface area (TPSA) is 83.4 Å². The van der Waals surface area contributed by atoms with E-state index in [1.54, 1.807) is 7.11 Å². The molecule has 2 aliphatic heterocycles. The molecule has 0 saturated heterocycles. The van der Waals surface area contributed by atoms with Gasteiger partial charge in [0.05, 0.1) is 18.9 Å². The van der Waals surface area contributed by atoms with Crippen LogP contribution < -0.4 is 10.1 Å². The van der Waals surface area contributed by atoms with Crippen molar-refractivity contribution in [2.24, 2.45) is 10.1 Å². The van der Waals surface area contributed by atoms with Crippen molar-refractivity contribution in [1.29, 1.82) is 0 Å². The summed E-state index contributed by atoms with van der Waals surface area (Å²) in [7, 11) is 1.64. The number of carbonyl (C=O) groups excluding carboxylic acids is 2. The Kier molecular flexibility index (Phi) is 7.33. The Morgan fingerprint density at radius 3 is 2.42 bits per heavy atom. The van der Waals surface area contributed by atoms with Gasteiger partial charge in [-0.05, 0) is 67.8 Å². The number of anilines is 1. The molecule has 0 fully saturated rings. The molecule has 2 atom stereocenters. The van der Waals surface area contributed by atoms with Crippen molar-refractivity contribution >= 4 is 40.1 Å². The van der Waals surface area contributed by atoms with Gasteiger partial charge in [-0.3, -0.25) is 9.59 Å². The van der Waals surface area contributed by atoms with Crippen molar-refractivity contribution < 1.29 is 14.3 Å². The van der Waals surface area contributed by atoms with Crippen molar-refractivity contribution in [3.63, 3.8) is 0 Å². The first-order valence-electron chi connectivity index (χ1n) is 12.5. The third-order valence-corrected chi connectivity index (χ3v) is 7.89. The number of aliphatic imine (C=N–C) groups is 1. The summed E-state index contributed by atoms with van der Waals surface area (Å²) < 4.78 is 5.30. The molecule has 3 aromatic carbocycles. The summed E-state index contributed by atoms with van der Waals surface area (Å²) in [5, 5.41) is 9.63. The van der Waals surface area contributed by atoms with Gasteiger partial charge >= 0.3 is 0 Å². The molecule has 0 aliphatic carbocycles. The van der Waals surface area contributed by atoms with Crippen LogP contribution in [0.4, 0.5) is 5.69 Å². The van der Waals surface area contributed by atoms with E-state index in [1.807, 2.05) is 61.3 Å². The fraction of sp³-hybridized carbons (Fsp3) is 0.267. The second kappa shape index (κ2) is 10.8. The molecular formula is C30H30N4O3S. The Hall–Kier alpha value is -3.91. The number of thioether (sulfide) groups is 1. The van der Waals surface area contributed by atoms with Crippen LogP contribution in [0, 0.1) is 20.8 Å². The summed E-state index contributed by atoms with van der Waals surface area (Å²) in [5.41, 5.74) is 7.03. The largest absolute Gasteiger partial charge is 0.497 e. The lowest BCUT2D eigenvalue weighted by Crippen LogP contribution is -2.25. The van der Waals surface area contributed by atoms with Crippen LogP contribution in [0.25, 0.3) is 0 Å². The highest BCUT2D eigenvalue weighted by molar-refractivity contribution is 8.15. The van der Waals surface area contributed by atoms with Crippen molar-refractivity contribution in [3.8, 4) is 5.75 Å². The van der Waals surface area contributed by atoms with Crippen molar-refractivity contribution in [3.05, 3.63) is 94.5 Å². The summed E-state index contributed by atoms with van der Waals surface area (Å²) in [6, 6.07) is 21.9. The predicted molar refractivity (Wildman–Crippen MR) is 153 cm³/mol. The van der Waals surface area contributed by atoms with Crippen molar-refractivity contribution in [1.82, 2.24) is 5.01 Å². The van der Waals surface area contributed by atoms with E-state index in [4.69, 9.17) is 9.84 Å². The maximum absolute atomic E-state index is 12.9. The van der Waals surface area contributed by atoms with Gasteiger partial charge in [0.25, 0.3) is 5.91 Å². The fourth-order valence-corrected chi connectivity index (χ4v) is 5.68. The number of nitrogens with zero attached hydrogens (tertiary/aromatic N) is 3. The van der Waals surface area contributed by atoms with Gasteiger partial charge in [-0.15, -0.1) is 0 Å². The molecule has 2 amide bonds. The number of benzene rings is 3. The SMILES string of the molecule is COc1ccc(C2=NN(C3=NC(=O)[C@H](CC(=O)Nc4ccc(C)cc4C)S3)[C@H](c3ccc(C)cc3)C2)cc1. The summed E-state index contributed by atoms with van der Waals surface area (Å²) in [4.78, 5) is 30.0. The van der Waals surface area contributed by atoms with E-state index in [-0.39, 0.29) is 24.3 Å². The minimum absolute atomic E-state index is 0.0436. The second-order valence-corrected chi connectivity index (χ2v) is 10.8. The number of hydrogen-bond donors (Lipinski definition) is 1. The average molecular weight is 527 g/mol. The molecule has 0 bridgehead atoms. The van der Waals surface area contributed by atoms with Gasteiger partial charge in [0, 0.05) is 18.5 Å². The highest BCUT2D eigenvalue weighted by atomic mass is 32.2. The molecule has 8 heteroatoms. The minimum Gasteiger partial charge on any atom is -0.497 e. The van der Waals surface area contributed by atoms with Crippen LogP contribution in [-0.2, 0) is 9.59 Å². The number of amides is 2. The Bertz CT molecular complexity index is 1430. The molecule has 3 aromatic rings. The Morgan fingerprint density at radius 2 is 1.74 bits per heavy atom. The number of rotatable bonds is 6. The average Bonchev–Trinajstić information content (AvgIpc) is 3.50. The van der Waals surface area contributed by atoms with E-state index < -0.39 is 5.25 Å². The smallest absolute Gasteiger partial charge is 0.262 e. The monoisotopic (exact) mass is 526 g/mol.